The number of carboxylic acids is 1. The van der Waals surface area contributed by atoms with E-state index in [4.69, 9.17) is 19.3 Å². The first-order chi connectivity index (χ1) is 8.09. The lowest BCUT2D eigenvalue weighted by atomic mass is 10.2. The second-order valence-corrected chi connectivity index (χ2v) is 4.07. The van der Waals surface area contributed by atoms with Crippen LogP contribution < -0.4 is 0 Å². The van der Waals surface area contributed by atoms with Gasteiger partial charge in [0.25, 0.3) is 0 Å². The van der Waals surface area contributed by atoms with Crippen LogP contribution in [0.5, 0.6) is 0 Å². The summed E-state index contributed by atoms with van der Waals surface area (Å²) in [4.78, 5) is 10.5. The summed E-state index contributed by atoms with van der Waals surface area (Å²) in [6.45, 7) is 5.35. The molecule has 17 heavy (non-hydrogen) atoms. The summed E-state index contributed by atoms with van der Waals surface area (Å²) in [6, 6.07) is 0. The van der Waals surface area contributed by atoms with Gasteiger partial charge in [-0.05, 0) is 20.3 Å². The van der Waals surface area contributed by atoms with Gasteiger partial charge in [-0.15, -0.1) is 0 Å². The first-order valence-corrected chi connectivity index (χ1v) is 5.84. The molecule has 0 saturated carbocycles. The van der Waals surface area contributed by atoms with Crippen LogP contribution in [-0.2, 0) is 19.0 Å². The Morgan fingerprint density at radius 1 is 1.53 bits per heavy atom. The van der Waals surface area contributed by atoms with Crippen molar-refractivity contribution in [2.45, 2.75) is 39.1 Å². The van der Waals surface area contributed by atoms with E-state index in [0.29, 0.717) is 38.2 Å². The number of rotatable bonds is 7. The Balaban J connectivity index is 2.09. The first-order valence-electron chi connectivity index (χ1n) is 5.84. The standard InChI is InChI=1S/C12H20O5/c1-9(12(13)14)4-3-5-15-10(2)8-11-16-6-7-17-11/h4,10-11H,3,5-8H2,1-2H3,(H,13,14). The molecule has 0 aromatic carbocycles. The van der Waals surface area contributed by atoms with E-state index < -0.39 is 5.97 Å². The van der Waals surface area contributed by atoms with Crippen molar-refractivity contribution in [2.24, 2.45) is 0 Å². The highest BCUT2D eigenvalue weighted by Gasteiger charge is 2.18. The minimum absolute atomic E-state index is 0.0524. The van der Waals surface area contributed by atoms with E-state index in [2.05, 4.69) is 0 Å². The summed E-state index contributed by atoms with van der Waals surface area (Å²) in [7, 11) is 0. The molecule has 1 saturated heterocycles. The van der Waals surface area contributed by atoms with Crippen LogP contribution in [0.4, 0.5) is 0 Å². The minimum atomic E-state index is -0.884. The lowest BCUT2D eigenvalue weighted by Crippen LogP contribution is -2.19. The van der Waals surface area contributed by atoms with Crippen LogP contribution in [0.15, 0.2) is 11.6 Å². The fourth-order valence-corrected chi connectivity index (χ4v) is 1.51. The highest BCUT2D eigenvalue weighted by atomic mass is 16.7. The SMILES string of the molecule is CC(=CCCOC(C)CC1OCCO1)C(=O)O. The Morgan fingerprint density at radius 2 is 2.18 bits per heavy atom. The van der Waals surface area contributed by atoms with E-state index in [1.54, 1.807) is 13.0 Å². The Morgan fingerprint density at radius 3 is 2.76 bits per heavy atom. The third kappa shape index (κ3) is 5.81. The molecule has 5 heteroatoms. The van der Waals surface area contributed by atoms with E-state index in [-0.39, 0.29) is 12.4 Å². The van der Waals surface area contributed by atoms with Crippen molar-refractivity contribution in [3.63, 3.8) is 0 Å². The number of hydrogen-bond acceptors (Lipinski definition) is 4. The smallest absolute Gasteiger partial charge is 0.330 e. The van der Waals surface area contributed by atoms with Gasteiger partial charge < -0.3 is 19.3 Å². The van der Waals surface area contributed by atoms with Crippen molar-refractivity contribution in [2.75, 3.05) is 19.8 Å². The molecule has 0 aromatic heterocycles. The average molecular weight is 244 g/mol. The zero-order valence-electron chi connectivity index (χ0n) is 10.3. The number of carbonyl (C=O) groups is 1. The van der Waals surface area contributed by atoms with Gasteiger partial charge >= 0.3 is 5.97 Å². The lowest BCUT2D eigenvalue weighted by molar-refractivity contribution is -0.132. The fraction of sp³-hybridized carbons (Fsp3) is 0.750. The molecular formula is C12H20O5. The van der Waals surface area contributed by atoms with E-state index in [9.17, 15) is 4.79 Å². The van der Waals surface area contributed by atoms with Gasteiger partial charge in [0.1, 0.15) is 0 Å². The molecule has 0 amide bonds. The average Bonchev–Trinajstić information content (AvgIpc) is 2.76. The third-order valence-electron chi connectivity index (χ3n) is 2.52. The van der Waals surface area contributed by atoms with Gasteiger partial charge in [0.2, 0.25) is 0 Å². The van der Waals surface area contributed by atoms with Crippen LogP contribution in [0.1, 0.15) is 26.7 Å². The molecule has 0 aromatic rings. The molecule has 1 fully saturated rings. The van der Waals surface area contributed by atoms with Crippen LogP contribution in [0, 0.1) is 0 Å². The second kappa shape index (κ2) is 7.42. The normalized spacial score (nSPS) is 19.5. The van der Waals surface area contributed by atoms with Gasteiger partial charge in [0.15, 0.2) is 6.29 Å². The van der Waals surface area contributed by atoms with Crippen molar-refractivity contribution in [3.05, 3.63) is 11.6 Å². The van der Waals surface area contributed by atoms with Crippen LogP contribution in [0.2, 0.25) is 0 Å². The molecule has 1 N–H and O–H groups in total. The molecule has 98 valence electrons. The molecule has 1 aliphatic heterocycles. The quantitative estimate of drug-likeness (QED) is 0.544. The fourth-order valence-electron chi connectivity index (χ4n) is 1.51. The number of hydrogen-bond donors (Lipinski definition) is 1. The van der Waals surface area contributed by atoms with Crippen LogP contribution >= 0.6 is 0 Å². The molecule has 1 unspecified atom stereocenters. The molecule has 1 heterocycles. The van der Waals surface area contributed by atoms with Crippen LogP contribution in [-0.4, -0.2) is 43.3 Å². The van der Waals surface area contributed by atoms with Crippen LogP contribution in [0.3, 0.4) is 0 Å². The highest BCUT2D eigenvalue weighted by molar-refractivity contribution is 5.85. The third-order valence-corrected chi connectivity index (χ3v) is 2.52. The largest absolute Gasteiger partial charge is 0.478 e. The summed E-state index contributed by atoms with van der Waals surface area (Å²) >= 11 is 0. The zero-order chi connectivity index (χ0) is 12.7. The van der Waals surface area contributed by atoms with Gasteiger partial charge in [-0.25, -0.2) is 4.79 Å². The Hall–Kier alpha value is -0.910. The van der Waals surface area contributed by atoms with E-state index >= 15 is 0 Å². The predicted molar refractivity (Wildman–Crippen MR) is 61.7 cm³/mol. The maximum atomic E-state index is 10.5. The van der Waals surface area contributed by atoms with Gasteiger partial charge in [0.05, 0.1) is 25.9 Å². The number of carboxylic acid groups (broad SMARTS) is 1. The van der Waals surface area contributed by atoms with Crippen molar-refractivity contribution >= 4 is 5.97 Å². The van der Waals surface area contributed by atoms with Crippen LogP contribution in [0.25, 0.3) is 0 Å². The second-order valence-electron chi connectivity index (χ2n) is 4.07. The molecule has 5 nitrogen and oxygen atoms in total. The van der Waals surface area contributed by atoms with Crippen molar-refractivity contribution in [3.8, 4) is 0 Å². The molecular weight excluding hydrogens is 224 g/mol. The van der Waals surface area contributed by atoms with Gasteiger partial charge in [0, 0.05) is 12.0 Å². The highest BCUT2D eigenvalue weighted by Crippen LogP contribution is 2.12. The molecule has 0 radical (unpaired) electrons. The summed E-state index contributed by atoms with van der Waals surface area (Å²) in [5.74, 6) is -0.884. The summed E-state index contributed by atoms with van der Waals surface area (Å²) in [5.41, 5.74) is 0.351. The lowest BCUT2D eigenvalue weighted by Gasteiger charge is -2.16. The summed E-state index contributed by atoms with van der Waals surface area (Å²) in [6.07, 6.45) is 2.88. The molecule has 1 aliphatic rings. The van der Waals surface area contributed by atoms with Crippen molar-refractivity contribution in [1.29, 1.82) is 0 Å². The maximum Gasteiger partial charge on any atom is 0.330 e. The van der Waals surface area contributed by atoms with Gasteiger partial charge in [-0.1, -0.05) is 6.08 Å². The van der Waals surface area contributed by atoms with Gasteiger partial charge in [-0.3, -0.25) is 0 Å². The van der Waals surface area contributed by atoms with Gasteiger partial charge in [-0.2, -0.15) is 0 Å². The molecule has 0 aliphatic carbocycles. The minimum Gasteiger partial charge on any atom is -0.478 e. The number of aliphatic carboxylic acids is 1. The topological polar surface area (TPSA) is 65.0 Å². The first kappa shape index (κ1) is 14.2. The molecule has 0 bridgehead atoms. The van der Waals surface area contributed by atoms with E-state index in [1.807, 2.05) is 6.92 Å². The molecule has 1 atom stereocenters. The van der Waals surface area contributed by atoms with Crippen molar-refractivity contribution < 1.29 is 24.1 Å². The Labute approximate surface area is 101 Å². The summed E-state index contributed by atoms with van der Waals surface area (Å²) < 4.78 is 16.2. The molecule has 0 spiro atoms. The molecule has 1 rings (SSSR count). The predicted octanol–water partition coefficient (Wildman–Crippen LogP) is 1.58. The monoisotopic (exact) mass is 244 g/mol. The summed E-state index contributed by atoms with van der Waals surface area (Å²) in [5, 5.41) is 8.64. The maximum absolute atomic E-state index is 10.5. The Kier molecular flexibility index (Phi) is 6.18. The number of ether oxygens (including phenoxy) is 3. The van der Waals surface area contributed by atoms with E-state index in [0.717, 1.165) is 0 Å². The zero-order valence-corrected chi connectivity index (χ0v) is 10.3. The Bertz CT molecular complexity index is 268. The van der Waals surface area contributed by atoms with E-state index in [1.165, 1.54) is 0 Å². The van der Waals surface area contributed by atoms with Crippen molar-refractivity contribution in [1.82, 2.24) is 0 Å².